The second-order valence-electron chi connectivity index (χ2n) is 6.42. The Labute approximate surface area is 127 Å². The third-order valence-electron chi connectivity index (χ3n) is 3.64. The van der Waals surface area contributed by atoms with Crippen LogP contribution in [0, 0.1) is 12.8 Å². The predicted octanol–water partition coefficient (Wildman–Crippen LogP) is 2.92. The van der Waals surface area contributed by atoms with Gasteiger partial charge in [-0.15, -0.1) is 0 Å². The van der Waals surface area contributed by atoms with E-state index in [1.165, 1.54) is 0 Å². The predicted molar refractivity (Wildman–Crippen MR) is 88.0 cm³/mol. The molecule has 0 aliphatic rings. The van der Waals surface area contributed by atoms with Crippen LogP contribution in [0.1, 0.15) is 37.4 Å². The van der Waals surface area contributed by atoms with Crippen molar-refractivity contribution in [3.8, 4) is 0 Å². The van der Waals surface area contributed by atoms with Gasteiger partial charge in [0.05, 0.1) is 6.04 Å². The van der Waals surface area contributed by atoms with Gasteiger partial charge in [0, 0.05) is 18.8 Å². The van der Waals surface area contributed by atoms with Crippen molar-refractivity contribution in [2.45, 2.75) is 39.7 Å². The normalized spacial score (nSPS) is 12.9. The Kier molecular flexibility index (Phi) is 6.21. The van der Waals surface area contributed by atoms with Gasteiger partial charge in [0.1, 0.15) is 5.76 Å². The van der Waals surface area contributed by atoms with Crippen molar-refractivity contribution in [2.24, 2.45) is 5.92 Å². The molecule has 1 rings (SSSR count). The van der Waals surface area contributed by atoms with Gasteiger partial charge in [-0.2, -0.15) is 0 Å². The summed E-state index contributed by atoms with van der Waals surface area (Å²) in [7, 11) is 4.06. The number of rotatable bonds is 7. The van der Waals surface area contributed by atoms with E-state index >= 15 is 0 Å². The molecule has 1 heterocycles. The fourth-order valence-electron chi connectivity index (χ4n) is 2.39. The highest BCUT2D eigenvalue weighted by Crippen LogP contribution is 2.22. The molecule has 4 nitrogen and oxygen atoms in total. The lowest BCUT2D eigenvalue weighted by Gasteiger charge is -2.22. The molecule has 0 aliphatic carbocycles. The summed E-state index contributed by atoms with van der Waals surface area (Å²) in [6.45, 7) is 10.7. The molecule has 0 aliphatic heterocycles. The third-order valence-corrected chi connectivity index (χ3v) is 3.64. The van der Waals surface area contributed by atoms with Crippen LogP contribution in [-0.4, -0.2) is 35.2 Å². The van der Waals surface area contributed by atoms with Crippen LogP contribution in [0.25, 0.3) is 0 Å². The van der Waals surface area contributed by atoms with E-state index in [-0.39, 0.29) is 17.4 Å². The van der Waals surface area contributed by atoms with Gasteiger partial charge in [0.15, 0.2) is 0 Å². The number of likely N-dealkylation sites (N-methyl/N-ethyl adjacent to an activating group) is 1. The maximum Gasteiger partial charge on any atom is 0.251 e. The third kappa shape index (κ3) is 5.05. The zero-order valence-corrected chi connectivity index (χ0v) is 13.9. The number of hydrogen-bond donors (Lipinski definition) is 1. The molecule has 0 radical (unpaired) electrons. The Morgan fingerprint density at radius 3 is 2.52 bits per heavy atom. The van der Waals surface area contributed by atoms with E-state index in [1.54, 1.807) is 10.6 Å². The summed E-state index contributed by atoms with van der Waals surface area (Å²) in [5.41, 5.74) is 2.06. The van der Waals surface area contributed by atoms with Crippen LogP contribution in [0.4, 0.5) is 0 Å². The number of pyridine rings is 1. The van der Waals surface area contributed by atoms with Crippen LogP contribution in [0.2, 0.25) is 0 Å². The molecular weight excluding hydrogens is 264 g/mol. The summed E-state index contributed by atoms with van der Waals surface area (Å²) >= 11 is 0. The molecular formula is C17H28N2O2. The number of aromatic nitrogens is 1. The highest BCUT2D eigenvalue weighted by Gasteiger charge is 2.18. The highest BCUT2D eigenvalue weighted by atomic mass is 16.3. The number of aryl methyl sites for hydroxylation is 1. The van der Waals surface area contributed by atoms with Crippen LogP contribution in [-0.2, 0) is 6.42 Å². The van der Waals surface area contributed by atoms with E-state index in [9.17, 15) is 9.90 Å². The largest absolute Gasteiger partial charge is 0.511 e. The molecule has 4 heteroatoms. The molecule has 1 N–H and O–H groups in total. The van der Waals surface area contributed by atoms with E-state index in [4.69, 9.17) is 0 Å². The minimum atomic E-state index is -0.351. The molecule has 0 aromatic carbocycles. The molecule has 0 saturated heterocycles. The second kappa shape index (κ2) is 7.46. The zero-order valence-electron chi connectivity index (χ0n) is 13.9. The first kappa shape index (κ1) is 17.5. The van der Waals surface area contributed by atoms with Crippen molar-refractivity contribution < 1.29 is 5.11 Å². The highest BCUT2D eigenvalue weighted by molar-refractivity contribution is 5.23. The number of allylic oxidation sites excluding steroid dienone is 1. The average Bonchev–Trinajstić information content (AvgIpc) is 2.34. The first-order valence-electron chi connectivity index (χ1n) is 7.46. The topological polar surface area (TPSA) is 45.5 Å². The fraction of sp³-hybridized carbons (Fsp3) is 0.588. The number of aliphatic hydroxyl groups excluding tert-OH is 1. The molecule has 1 atom stereocenters. The standard InChI is InChI=1S/C17H28N2O2/c1-12(2)9-16(14(4)20)19-11-15(7-8-18(5)6)13(3)10-17(19)21/h10-12,16,20H,4,7-9H2,1-3,5-6H3. The SMILES string of the molecule is C=C(O)C(CC(C)C)n1cc(CCN(C)C)c(C)cc1=O. The Balaban J connectivity index is 3.18. The Bertz CT molecular complexity index is 544. The minimum absolute atomic E-state index is 0.0493. The van der Waals surface area contributed by atoms with Crippen molar-refractivity contribution in [2.75, 3.05) is 20.6 Å². The molecule has 1 aromatic heterocycles. The summed E-state index contributed by atoms with van der Waals surface area (Å²) < 4.78 is 1.63. The summed E-state index contributed by atoms with van der Waals surface area (Å²) in [4.78, 5) is 14.4. The van der Waals surface area contributed by atoms with Crippen molar-refractivity contribution in [1.29, 1.82) is 0 Å². The first-order valence-corrected chi connectivity index (χ1v) is 7.46. The van der Waals surface area contributed by atoms with E-state index < -0.39 is 0 Å². The maximum atomic E-state index is 12.3. The van der Waals surface area contributed by atoms with Gasteiger partial charge in [0.2, 0.25) is 0 Å². The molecule has 0 amide bonds. The molecule has 0 spiro atoms. The van der Waals surface area contributed by atoms with Gasteiger partial charge in [-0.25, -0.2) is 0 Å². The lowest BCUT2D eigenvalue weighted by molar-refractivity contribution is 0.295. The van der Waals surface area contributed by atoms with Crippen molar-refractivity contribution in [1.82, 2.24) is 9.47 Å². The summed E-state index contributed by atoms with van der Waals surface area (Å²) in [6.07, 6.45) is 3.46. The van der Waals surface area contributed by atoms with Gasteiger partial charge in [-0.3, -0.25) is 4.79 Å². The van der Waals surface area contributed by atoms with Crippen LogP contribution < -0.4 is 5.56 Å². The van der Waals surface area contributed by atoms with Crippen LogP contribution >= 0.6 is 0 Å². The Morgan fingerprint density at radius 2 is 2.05 bits per heavy atom. The number of aliphatic hydroxyl groups is 1. The quantitative estimate of drug-likeness (QED) is 0.786. The maximum absolute atomic E-state index is 12.3. The first-order chi connectivity index (χ1) is 9.72. The van der Waals surface area contributed by atoms with E-state index in [0.717, 1.165) is 24.1 Å². The smallest absolute Gasteiger partial charge is 0.251 e. The Morgan fingerprint density at radius 1 is 1.43 bits per heavy atom. The van der Waals surface area contributed by atoms with Crippen molar-refractivity contribution >= 4 is 0 Å². The summed E-state index contributed by atoms with van der Waals surface area (Å²) in [5, 5.41) is 9.85. The molecule has 0 saturated carbocycles. The average molecular weight is 292 g/mol. The van der Waals surface area contributed by atoms with E-state index in [2.05, 4.69) is 25.3 Å². The van der Waals surface area contributed by atoms with Gasteiger partial charge in [-0.05, 0) is 50.9 Å². The molecule has 21 heavy (non-hydrogen) atoms. The monoisotopic (exact) mass is 292 g/mol. The molecule has 0 bridgehead atoms. The van der Waals surface area contributed by atoms with Crippen molar-refractivity contribution in [3.05, 3.63) is 46.1 Å². The van der Waals surface area contributed by atoms with Gasteiger partial charge in [-0.1, -0.05) is 20.4 Å². The fourth-order valence-corrected chi connectivity index (χ4v) is 2.39. The van der Waals surface area contributed by atoms with Crippen LogP contribution in [0.3, 0.4) is 0 Å². The van der Waals surface area contributed by atoms with E-state index in [0.29, 0.717) is 12.3 Å². The zero-order chi connectivity index (χ0) is 16.2. The van der Waals surface area contributed by atoms with Gasteiger partial charge < -0.3 is 14.6 Å². The molecule has 118 valence electrons. The second-order valence-corrected chi connectivity index (χ2v) is 6.42. The minimum Gasteiger partial charge on any atom is -0.511 e. The van der Waals surface area contributed by atoms with Crippen molar-refractivity contribution in [3.63, 3.8) is 0 Å². The number of nitrogens with zero attached hydrogens (tertiary/aromatic N) is 2. The number of hydrogen-bond acceptors (Lipinski definition) is 3. The van der Waals surface area contributed by atoms with Crippen LogP contribution in [0.5, 0.6) is 0 Å². The lowest BCUT2D eigenvalue weighted by Crippen LogP contribution is -2.27. The van der Waals surface area contributed by atoms with E-state index in [1.807, 2.05) is 27.2 Å². The summed E-state index contributed by atoms with van der Waals surface area (Å²) in [6, 6.07) is 1.30. The molecule has 1 unspecified atom stereocenters. The van der Waals surface area contributed by atoms with Gasteiger partial charge in [0.25, 0.3) is 5.56 Å². The molecule has 1 aromatic rings. The van der Waals surface area contributed by atoms with Crippen LogP contribution in [0.15, 0.2) is 29.4 Å². The summed E-state index contributed by atoms with van der Waals surface area (Å²) in [5.74, 6) is 0.422. The lowest BCUT2D eigenvalue weighted by atomic mass is 10.0. The van der Waals surface area contributed by atoms with Gasteiger partial charge >= 0.3 is 0 Å². The molecule has 0 fully saturated rings. The Hall–Kier alpha value is -1.55.